The largest absolute Gasteiger partial charge is 0.339 e. The third-order valence-corrected chi connectivity index (χ3v) is 3.02. The molecule has 1 saturated carbocycles. The lowest BCUT2D eigenvalue weighted by molar-refractivity contribution is -0.149. The van der Waals surface area contributed by atoms with Gasteiger partial charge in [0.2, 0.25) is 5.91 Å². The zero-order valence-corrected chi connectivity index (χ0v) is 7.25. The summed E-state index contributed by atoms with van der Waals surface area (Å²) in [6.07, 6.45) is 2.52. The Kier molecular flexibility index (Phi) is 1.67. The van der Waals surface area contributed by atoms with Crippen LogP contribution in [0.1, 0.15) is 26.2 Å². The molecule has 0 spiro atoms. The minimum Gasteiger partial charge on any atom is -0.339 e. The molecule has 0 aromatic rings. The van der Waals surface area contributed by atoms with Crippen molar-refractivity contribution in [3.05, 3.63) is 0 Å². The number of hydrogen-bond donors (Lipinski definition) is 0. The molecule has 1 amide bonds. The summed E-state index contributed by atoms with van der Waals surface area (Å²) in [7, 11) is 0. The fraction of sp³-hybridized carbons (Fsp3) is 0.778. The van der Waals surface area contributed by atoms with E-state index < -0.39 is 0 Å². The summed E-state index contributed by atoms with van der Waals surface area (Å²) < 4.78 is 0. The van der Waals surface area contributed by atoms with Gasteiger partial charge in [0, 0.05) is 24.9 Å². The third kappa shape index (κ3) is 1.04. The predicted molar refractivity (Wildman–Crippen MR) is 43.5 cm³/mol. The fourth-order valence-electron chi connectivity index (χ4n) is 1.89. The van der Waals surface area contributed by atoms with Crippen LogP contribution in [0.25, 0.3) is 0 Å². The van der Waals surface area contributed by atoms with E-state index in [-0.39, 0.29) is 17.6 Å². The van der Waals surface area contributed by atoms with Crippen LogP contribution < -0.4 is 0 Å². The molecule has 12 heavy (non-hydrogen) atoms. The minimum absolute atomic E-state index is 0.239. The fourth-order valence-corrected chi connectivity index (χ4v) is 1.89. The van der Waals surface area contributed by atoms with E-state index in [1.54, 1.807) is 6.92 Å². The number of ketones is 1. The molecule has 0 aromatic heterocycles. The molecule has 2 aliphatic rings. The van der Waals surface area contributed by atoms with Gasteiger partial charge in [-0.05, 0) is 19.8 Å². The maximum absolute atomic E-state index is 11.0. The molecule has 1 aliphatic carbocycles. The molecule has 1 heterocycles. The van der Waals surface area contributed by atoms with Crippen molar-refractivity contribution in [2.24, 2.45) is 5.92 Å². The molecule has 3 heteroatoms. The monoisotopic (exact) mass is 167 g/mol. The molecule has 1 saturated heterocycles. The zero-order valence-electron chi connectivity index (χ0n) is 7.25. The van der Waals surface area contributed by atoms with E-state index >= 15 is 0 Å². The quantitative estimate of drug-likeness (QED) is 0.564. The number of nitrogens with zero attached hydrogens (tertiary/aromatic N) is 1. The first-order valence-electron chi connectivity index (χ1n) is 4.48. The van der Waals surface area contributed by atoms with Crippen LogP contribution in [-0.2, 0) is 9.59 Å². The molecule has 0 radical (unpaired) electrons. The lowest BCUT2D eigenvalue weighted by Crippen LogP contribution is -2.55. The van der Waals surface area contributed by atoms with E-state index in [9.17, 15) is 9.59 Å². The van der Waals surface area contributed by atoms with E-state index in [1.807, 2.05) is 4.90 Å². The van der Waals surface area contributed by atoms with Gasteiger partial charge in [-0.3, -0.25) is 9.59 Å². The second-order valence-corrected chi connectivity index (χ2v) is 3.77. The van der Waals surface area contributed by atoms with Gasteiger partial charge >= 0.3 is 0 Å². The van der Waals surface area contributed by atoms with Gasteiger partial charge in [0.05, 0.1) is 0 Å². The second kappa shape index (κ2) is 2.57. The van der Waals surface area contributed by atoms with E-state index in [1.165, 1.54) is 0 Å². The summed E-state index contributed by atoms with van der Waals surface area (Å²) >= 11 is 0. The summed E-state index contributed by atoms with van der Waals surface area (Å²) in [6, 6.07) is 0.389. The number of amides is 1. The molecule has 66 valence electrons. The molecule has 0 N–H and O–H groups in total. The molecule has 2 fully saturated rings. The van der Waals surface area contributed by atoms with Gasteiger partial charge in [0.25, 0.3) is 0 Å². The molecular formula is C9H13NO2. The first-order valence-corrected chi connectivity index (χ1v) is 4.48. The van der Waals surface area contributed by atoms with Crippen molar-refractivity contribution in [3.8, 4) is 0 Å². The highest BCUT2D eigenvalue weighted by atomic mass is 16.2. The number of β-lactam (4-membered cyclic amide) rings is 1. The number of Topliss-reactive ketones (excluding diaryl/α,β-unsaturated/α-hetero) is 1. The predicted octanol–water partition coefficient (Wildman–Crippen LogP) is 0.586. The van der Waals surface area contributed by atoms with Crippen LogP contribution in [0.3, 0.4) is 0 Å². The summed E-state index contributed by atoms with van der Waals surface area (Å²) in [6.45, 7) is 2.55. The molecule has 0 unspecified atom stereocenters. The van der Waals surface area contributed by atoms with Crippen LogP contribution in [0.4, 0.5) is 0 Å². The lowest BCUT2D eigenvalue weighted by atomic mass is 9.76. The average Bonchev–Trinajstić information content (AvgIpc) is 1.91. The normalized spacial score (nSPS) is 34.1. The molecule has 2 rings (SSSR count). The number of rotatable bonds is 2. The molecular weight excluding hydrogens is 154 g/mol. The molecule has 0 atom stereocenters. The first-order chi connectivity index (χ1) is 5.68. The Morgan fingerprint density at radius 3 is 2.50 bits per heavy atom. The second-order valence-electron chi connectivity index (χ2n) is 3.77. The smallest absolute Gasteiger partial charge is 0.224 e. The van der Waals surface area contributed by atoms with E-state index in [4.69, 9.17) is 0 Å². The maximum atomic E-state index is 11.0. The average molecular weight is 167 g/mol. The number of likely N-dealkylation sites (tertiary alicyclic amines) is 1. The van der Waals surface area contributed by atoms with Gasteiger partial charge in [0.1, 0.15) is 5.78 Å². The van der Waals surface area contributed by atoms with Crippen molar-refractivity contribution in [1.29, 1.82) is 0 Å². The number of carbonyl (C=O) groups is 2. The third-order valence-electron chi connectivity index (χ3n) is 3.02. The van der Waals surface area contributed by atoms with Gasteiger partial charge in [0.15, 0.2) is 0 Å². The molecule has 3 nitrogen and oxygen atoms in total. The highest BCUT2D eigenvalue weighted by Gasteiger charge is 2.41. The van der Waals surface area contributed by atoms with Crippen LogP contribution in [0.5, 0.6) is 0 Å². The van der Waals surface area contributed by atoms with Crippen molar-refractivity contribution in [3.63, 3.8) is 0 Å². The zero-order chi connectivity index (χ0) is 8.72. The standard InChI is InChI=1S/C9H13NO2/c1-6(11)7-4-8(5-7)10-3-2-9(10)12/h7-8H,2-5H2,1H3. The topological polar surface area (TPSA) is 37.4 Å². The van der Waals surface area contributed by atoms with Gasteiger partial charge in [-0.1, -0.05) is 0 Å². The Balaban J connectivity index is 1.81. The Morgan fingerprint density at radius 1 is 1.50 bits per heavy atom. The highest BCUT2D eigenvalue weighted by Crippen LogP contribution is 2.34. The van der Waals surface area contributed by atoms with Crippen molar-refractivity contribution in [2.45, 2.75) is 32.2 Å². The Labute approximate surface area is 71.7 Å². The Hall–Kier alpha value is -0.860. The van der Waals surface area contributed by atoms with Crippen LogP contribution in [0, 0.1) is 5.92 Å². The number of hydrogen-bond acceptors (Lipinski definition) is 2. The van der Waals surface area contributed by atoms with Gasteiger partial charge in [-0.25, -0.2) is 0 Å². The minimum atomic E-state index is 0.239. The SMILES string of the molecule is CC(=O)C1CC(N2CCC2=O)C1. The summed E-state index contributed by atoms with van der Waals surface area (Å²) in [5, 5.41) is 0. The summed E-state index contributed by atoms with van der Waals surface area (Å²) in [5.41, 5.74) is 0. The van der Waals surface area contributed by atoms with Gasteiger partial charge < -0.3 is 4.90 Å². The molecule has 0 bridgehead atoms. The molecule has 0 aromatic carbocycles. The van der Waals surface area contributed by atoms with Gasteiger partial charge in [-0.15, -0.1) is 0 Å². The van der Waals surface area contributed by atoms with Crippen molar-refractivity contribution < 1.29 is 9.59 Å². The summed E-state index contributed by atoms with van der Waals surface area (Å²) in [4.78, 5) is 23.8. The maximum Gasteiger partial charge on any atom is 0.224 e. The first kappa shape index (κ1) is 7.77. The van der Waals surface area contributed by atoms with E-state index in [2.05, 4.69) is 0 Å². The molecule has 1 aliphatic heterocycles. The van der Waals surface area contributed by atoms with Crippen LogP contribution >= 0.6 is 0 Å². The Bertz CT molecular complexity index is 231. The van der Waals surface area contributed by atoms with Crippen molar-refractivity contribution in [1.82, 2.24) is 4.90 Å². The van der Waals surface area contributed by atoms with Crippen LogP contribution in [0.2, 0.25) is 0 Å². The van der Waals surface area contributed by atoms with Crippen LogP contribution in [0.15, 0.2) is 0 Å². The van der Waals surface area contributed by atoms with Crippen LogP contribution in [-0.4, -0.2) is 29.2 Å². The highest BCUT2D eigenvalue weighted by molar-refractivity contribution is 5.83. The van der Waals surface area contributed by atoms with E-state index in [0.29, 0.717) is 12.5 Å². The van der Waals surface area contributed by atoms with Crippen molar-refractivity contribution in [2.75, 3.05) is 6.54 Å². The van der Waals surface area contributed by atoms with Crippen molar-refractivity contribution >= 4 is 11.7 Å². The number of carbonyl (C=O) groups excluding carboxylic acids is 2. The van der Waals surface area contributed by atoms with E-state index in [0.717, 1.165) is 19.4 Å². The Morgan fingerprint density at radius 2 is 2.17 bits per heavy atom. The lowest BCUT2D eigenvalue weighted by Gasteiger charge is -2.46. The van der Waals surface area contributed by atoms with Gasteiger partial charge in [-0.2, -0.15) is 0 Å². The summed E-state index contributed by atoms with van der Waals surface area (Å²) in [5.74, 6) is 0.782.